The highest BCUT2D eigenvalue weighted by Crippen LogP contribution is 2.40. The molecular formula is C18H16Cl2N2O3. The number of amides is 2. The van der Waals surface area contributed by atoms with E-state index < -0.39 is 0 Å². The van der Waals surface area contributed by atoms with Crippen molar-refractivity contribution in [2.24, 2.45) is 11.8 Å². The van der Waals surface area contributed by atoms with Crippen molar-refractivity contribution >= 4 is 46.4 Å². The molecule has 2 unspecified atom stereocenters. The van der Waals surface area contributed by atoms with Crippen LogP contribution in [0.1, 0.15) is 6.42 Å². The Labute approximate surface area is 155 Å². The maximum atomic E-state index is 12.3. The van der Waals surface area contributed by atoms with Gasteiger partial charge in [0.15, 0.2) is 0 Å². The number of nitrogens with one attached hydrogen (secondary N) is 2. The molecule has 2 N–H and O–H groups in total. The lowest BCUT2D eigenvalue weighted by Crippen LogP contribution is -2.20. The van der Waals surface area contributed by atoms with E-state index in [9.17, 15) is 9.59 Å². The van der Waals surface area contributed by atoms with Gasteiger partial charge >= 0.3 is 0 Å². The van der Waals surface area contributed by atoms with Crippen molar-refractivity contribution < 1.29 is 14.3 Å². The van der Waals surface area contributed by atoms with Gasteiger partial charge in [-0.15, -0.1) is 0 Å². The molecule has 0 aliphatic heterocycles. The molecule has 2 amide bonds. The molecule has 130 valence electrons. The number of carbonyl (C=O) groups is 2. The molecular weight excluding hydrogens is 363 g/mol. The van der Waals surface area contributed by atoms with Crippen LogP contribution in [0.15, 0.2) is 42.5 Å². The minimum absolute atomic E-state index is 0.172. The Morgan fingerprint density at radius 3 is 1.96 bits per heavy atom. The van der Waals surface area contributed by atoms with Crippen molar-refractivity contribution in [1.29, 1.82) is 0 Å². The number of methoxy groups -OCH3 is 1. The predicted octanol–water partition coefficient (Wildman–Crippen LogP) is 4.22. The average Bonchev–Trinajstić information content (AvgIpc) is 3.35. The van der Waals surface area contributed by atoms with Crippen LogP contribution in [-0.2, 0) is 9.59 Å². The van der Waals surface area contributed by atoms with Crippen molar-refractivity contribution in [3.05, 3.63) is 52.5 Å². The summed E-state index contributed by atoms with van der Waals surface area (Å²) in [5.41, 5.74) is 1.18. The number of hydrogen-bond acceptors (Lipinski definition) is 3. The molecule has 2 aromatic carbocycles. The first-order valence-corrected chi connectivity index (χ1v) is 8.44. The summed E-state index contributed by atoms with van der Waals surface area (Å²) < 4.78 is 5.07. The van der Waals surface area contributed by atoms with Crippen molar-refractivity contribution in [3.8, 4) is 5.75 Å². The summed E-state index contributed by atoms with van der Waals surface area (Å²) in [6.45, 7) is 0. The number of halogens is 2. The fourth-order valence-corrected chi connectivity index (χ4v) is 3.07. The fourth-order valence-electron chi connectivity index (χ4n) is 2.54. The van der Waals surface area contributed by atoms with Crippen LogP contribution in [0.2, 0.25) is 10.0 Å². The van der Waals surface area contributed by atoms with E-state index in [4.69, 9.17) is 27.9 Å². The van der Waals surface area contributed by atoms with Crippen LogP contribution >= 0.6 is 23.2 Å². The molecule has 2 atom stereocenters. The highest BCUT2D eigenvalue weighted by Gasteiger charge is 2.48. The highest BCUT2D eigenvalue weighted by molar-refractivity contribution is 6.35. The van der Waals surface area contributed by atoms with Crippen LogP contribution in [0.3, 0.4) is 0 Å². The molecule has 0 aromatic heterocycles. The Morgan fingerprint density at radius 2 is 1.44 bits per heavy atom. The molecule has 5 nitrogen and oxygen atoms in total. The first kappa shape index (κ1) is 17.6. The van der Waals surface area contributed by atoms with Gasteiger partial charge in [-0.05, 0) is 48.9 Å². The zero-order valence-corrected chi connectivity index (χ0v) is 14.9. The lowest BCUT2D eigenvalue weighted by molar-refractivity contribution is -0.122. The van der Waals surface area contributed by atoms with E-state index in [1.807, 2.05) is 0 Å². The van der Waals surface area contributed by atoms with Crippen molar-refractivity contribution in [1.82, 2.24) is 0 Å². The van der Waals surface area contributed by atoms with Gasteiger partial charge in [-0.3, -0.25) is 9.59 Å². The smallest absolute Gasteiger partial charge is 0.228 e. The maximum absolute atomic E-state index is 12.3. The molecule has 1 aliphatic rings. The third-order valence-corrected chi connectivity index (χ3v) is 4.39. The Morgan fingerprint density at radius 1 is 0.920 bits per heavy atom. The molecule has 25 heavy (non-hydrogen) atoms. The molecule has 0 bridgehead atoms. The largest absolute Gasteiger partial charge is 0.497 e. The van der Waals surface area contributed by atoms with Crippen LogP contribution in [0.4, 0.5) is 11.4 Å². The van der Waals surface area contributed by atoms with E-state index in [2.05, 4.69) is 10.6 Å². The van der Waals surface area contributed by atoms with E-state index in [0.717, 1.165) is 0 Å². The third-order valence-electron chi connectivity index (χ3n) is 3.95. The zero-order valence-electron chi connectivity index (χ0n) is 13.4. The molecule has 0 saturated heterocycles. The zero-order chi connectivity index (χ0) is 18.0. The van der Waals surface area contributed by atoms with E-state index in [-0.39, 0.29) is 23.7 Å². The molecule has 1 aliphatic carbocycles. The number of anilines is 2. The van der Waals surface area contributed by atoms with Crippen molar-refractivity contribution in [3.63, 3.8) is 0 Å². The van der Waals surface area contributed by atoms with E-state index in [1.54, 1.807) is 49.6 Å². The average molecular weight is 379 g/mol. The minimum Gasteiger partial charge on any atom is -0.497 e. The molecule has 0 radical (unpaired) electrons. The first-order chi connectivity index (χ1) is 12.0. The van der Waals surface area contributed by atoms with E-state index >= 15 is 0 Å². The Balaban J connectivity index is 1.55. The lowest BCUT2D eigenvalue weighted by Gasteiger charge is -2.07. The predicted molar refractivity (Wildman–Crippen MR) is 98.3 cm³/mol. The summed E-state index contributed by atoms with van der Waals surface area (Å²) in [6.07, 6.45) is 0.516. The maximum Gasteiger partial charge on any atom is 0.228 e. The highest BCUT2D eigenvalue weighted by atomic mass is 35.5. The van der Waals surface area contributed by atoms with Crippen LogP contribution in [0, 0.1) is 11.8 Å². The summed E-state index contributed by atoms with van der Waals surface area (Å²) in [5.74, 6) is -0.364. The van der Waals surface area contributed by atoms with Gasteiger partial charge in [0.2, 0.25) is 11.8 Å². The summed E-state index contributed by atoms with van der Waals surface area (Å²) in [5, 5.41) is 6.43. The Bertz CT molecular complexity index is 788. The van der Waals surface area contributed by atoms with E-state index in [0.29, 0.717) is 33.6 Å². The van der Waals surface area contributed by atoms with Crippen LogP contribution in [0.25, 0.3) is 0 Å². The van der Waals surface area contributed by atoms with Gasteiger partial charge in [-0.2, -0.15) is 0 Å². The SMILES string of the molecule is COc1ccc(NC(=O)C2CC2C(=O)Nc2cc(Cl)cc(Cl)c2)cc1. The molecule has 3 rings (SSSR count). The Hall–Kier alpha value is -2.24. The fraction of sp³-hybridized carbons (Fsp3) is 0.222. The number of rotatable bonds is 5. The third kappa shape index (κ3) is 4.44. The molecule has 7 heteroatoms. The summed E-state index contributed by atoms with van der Waals surface area (Å²) >= 11 is 11.8. The molecule has 1 saturated carbocycles. The summed E-state index contributed by atoms with van der Waals surface area (Å²) in [4.78, 5) is 24.5. The minimum atomic E-state index is -0.351. The molecule has 0 heterocycles. The number of ether oxygens (including phenoxy) is 1. The second kappa shape index (κ2) is 7.33. The molecule has 0 spiro atoms. The van der Waals surface area contributed by atoms with Crippen molar-refractivity contribution in [2.75, 3.05) is 17.7 Å². The monoisotopic (exact) mass is 378 g/mol. The number of hydrogen-bond donors (Lipinski definition) is 2. The van der Waals surface area contributed by atoms with Gasteiger partial charge in [0.05, 0.1) is 18.9 Å². The number of carbonyl (C=O) groups excluding carboxylic acids is 2. The van der Waals surface area contributed by atoms with Gasteiger partial charge in [0.1, 0.15) is 5.75 Å². The first-order valence-electron chi connectivity index (χ1n) is 7.68. The summed E-state index contributed by atoms with van der Waals surface area (Å²) in [6, 6.07) is 11.8. The van der Waals surface area contributed by atoms with Crippen molar-refractivity contribution in [2.45, 2.75) is 6.42 Å². The van der Waals surface area contributed by atoms with Crippen LogP contribution in [-0.4, -0.2) is 18.9 Å². The standard InChI is InChI=1S/C18H16Cl2N2O3/c1-25-14-4-2-12(3-5-14)21-17(23)15-9-16(15)18(24)22-13-7-10(19)6-11(20)8-13/h2-8,15-16H,9H2,1H3,(H,21,23)(H,22,24). The topological polar surface area (TPSA) is 67.4 Å². The normalized spacial score (nSPS) is 18.4. The second-order valence-electron chi connectivity index (χ2n) is 5.81. The van der Waals surface area contributed by atoms with Crippen LogP contribution in [0.5, 0.6) is 5.75 Å². The quantitative estimate of drug-likeness (QED) is 0.818. The second-order valence-corrected chi connectivity index (χ2v) is 6.69. The van der Waals surface area contributed by atoms with E-state index in [1.165, 1.54) is 0 Å². The number of benzene rings is 2. The lowest BCUT2D eigenvalue weighted by atomic mass is 10.2. The Kier molecular flexibility index (Phi) is 5.16. The summed E-state index contributed by atoms with van der Waals surface area (Å²) in [7, 11) is 1.58. The van der Waals surface area contributed by atoms with Gasteiger partial charge in [0, 0.05) is 21.4 Å². The molecule has 2 aromatic rings. The van der Waals surface area contributed by atoms with Gasteiger partial charge in [-0.1, -0.05) is 23.2 Å². The molecule has 1 fully saturated rings. The van der Waals surface area contributed by atoms with Gasteiger partial charge in [0.25, 0.3) is 0 Å². The van der Waals surface area contributed by atoms with Gasteiger partial charge in [-0.25, -0.2) is 0 Å². The van der Waals surface area contributed by atoms with Gasteiger partial charge < -0.3 is 15.4 Å². The van der Waals surface area contributed by atoms with Crippen LogP contribution < -0.4 is 15.4 Å².